The van der Waals surface area contributed by atoms with Crippen LogP contribution < -0.4 is 16.0 Å². The number of thiazole rings is 1. The number of amides is 1. The first kappa shape index (κ1) is 15.5. The van der Waals surface area contributed by atoms with Gasteiger partial charge in [0.25, 0.3) is 0 Å². The normalized spacial score (nSPS) is 11.2. The van der Waals surface area contributed by atoms with Crippen LogP contribution in [0.4, 0.5) is 0 Å². The molecule has 1 aromatic heterocycles. The number of carbonyl (C=O) groups is 1. The van der Waals surface area contributed by atoms with Gasteiger partial charge in [0.15, 0.2) is 0 Å². The van der Waals surface area contributed by atoms with E-state index >= 15 is 0 Å². The average Bonchev–Trinajstić information content (AvgIpc) is 2.91. The maximum absolute atomic E-state index is 11.6. The number of hydrogen-bond donors (Lipinski definition) is 2. The molecule has 3 N–H and O–H groups in total. The van der Waals surface area contributed by atoms with Gasteiger partial charge in [-0.2, -0.15) is 0 Å². The standard InChI is InChI=1S/C15H19N3O2S/c1-10-8-21-13(17-10)11-4-6-12(7-5-11)20-9-15(2,3)14(19)18-16/h4-8H,9,16H2,1-3H3,(H,18,19). The van der Waals surface area contributed by atoms with E-state index in [1.165, 1.54) is 0 Å². The minimum absolute atomic E-state index is 0.252. The number of aryl methyl sites for hydroxylation is 1. The van der Waals surface area contributed by atoms with Gasteiger partial charge in [0.2, 0.25) is 5.91 Å². The predicted molar refractivity (Wildman–Crippen MR) is 83.9 cm³/mol. The Labute approximate surface area is 128 Å². The van der Waals surface area contributed by atoms with E-state index in [4.69, 9.17) is 10.6 Å². The third kappa shape index (κ3) is 3.80. The quantitative estimate of drug-likeness (QED) is 0.505. The van der Waals surface area contributed by atoms with Crippen molar-refractivity contribution in [3.8, 4) is 16.3 Å². The van der Waals surface area contributed by atoms with E-state index in [1.807, 2.05) is 36.6 Å². The molecular weight excluding hydrogens is 286 g/mol. The second-order valence-electron chi connectivity index (χ2n) is 5.46. The average molecular weight is 305 g/mol. The molecule has 0 bridgehead atoms. The van der Waals surface area contributed by atoms with Gasteiger partial charge < -0.3 is 4.74 Å². The van der Waals surface area contributed by atoms with Crippen LogP contribution in [0.15, 0.2) is 29.6 Å². The van der Waals surface area contributed by atoms with Gasteiger partial charge in [0.05, 0.1) is 5.41 Å². The van der Waals surface area contributed by atoms with Crippen molar-refractivity contribution in [3.05, 3.63) is 35.3 Å². The first-order chi connectivity index (χ1) is 9.92. The Kier molecular flexibility index (Phi) is 4.59. The Morgan fingerprint density at radius 2 is 2.05 bits per heavy atom. The van der Waals surface area contributed by atoms with Gasteiger partial charge in [-0.25, -0.2) is 10.8 Å². The zero-order valence-electron chi connectivity index (χ0n) is 12.3. The number of ether oxygens (including phenoxy) is 1. The van der Waals surface area contributed by atoms with E-state index in [9.17, 15) is 4.79 Å². The van der Waals surface area contributed by atoms with Gasteiger partial charge in [-0.15, -0.1) is 11.3 Å². The van der Waals surface area contributed by atoms with Crippen molar-refractivity contribution in [1.82, 2.24) is 10.4 Å². The molecule has 1 heterocycles. The molecule has 21 heavy (non-hydrogen) atoms. The fraction of sp³-hybridized carbons (Fsp3) is 0.333. The lowest BCUT2D eigenvalue weighted by molar-refractivity contribution is -0.130. The third-order valence-corrected chi connectivity index (χ3v) is 4.07. The molecule has 0 fully saturated rings. The highest BCUT2D eigenvalue weighted by Gasteiger charge is 2.27. The summed E-state index contributed by atoms with van der Waals surface area (Å²) in [5.41, 5.74) is 3.54. The van der Waals surface area contributed by atoms with Gasteiger partial charge in [-0.3, -0.25) is 10.2 Å². The molecule has 0 aliphatic rings. The highest BCUT2D eigenvalue weighted by atomic mass is 32.1. The van der Waals surface area contributed by atoms with Crippen LogP contribution in [-0.4, -0.2) is 17.5 Å². The Bertz CT molecular complexity index is 620. The number of benzene rings is 1. The SMILES string of the molecule is Cc1csc(-c2ccc(OCC(C)(C)C(=O)NN)cc2)n1. The van der Waals surface area contributed by atoms with Gasteiger partial charge in [0, 0.05) is 16.6 Å². The Balaban J connectivity index is 2.01. The maximum atomic E-state index is 11.6. The van der Waals surface area contributed by atoms with Crippen LogP contribution in [0.1, 0.15) is 19.5 Å². The second kappa shape index (κ2) is 6.24. The fourth-order valence-electron chi connectivity index (χ4n) is 1.70. The van der Waals surface area contributed by atoms with Gasteiger partial charge >= 0.3 is 0 Å². The number of nitrogens with zero attached hydrogens (tertiary/aromatic N) is 1. The van der Waals surface area contributed by atoms with Gasteiger partial charge in [-0.05, 0) is 45.0 Å². The third-order valence-electron chi connectivity index (χ3n) is 3.07. The second-order valence-corrected chi connectivity index (χ2v) is 6.32. The lowest BCUT2D eigenvalue weighted by Gasteiger charge is -2.22. The van der Waals surface area contributed by atoms with Crippen LogP contribution in [0, 0.1) is 12.3 Å². The van der Waals surface area contributed by atoms with E-state index in [-0.39, 0.29) is 12.5 Å². The predicted octanol–water partition coefficient (Wildman–Crippen LogP) is 2.51. The monoisotopic (exact) mass is 305 g/mol. The molecule has 5 nitrogen and oxygen atoms in total. The summed E-state index contributed by atoms with van der Waals surface area (Å²) < 4.78 is 5.66. The van der Waals surface area contributed by atoms with Crippen LogP contribution in [0.5, 0.6) is 5.75 Å². The summed E-state index contributed by atoms with van der Waals surface area (Å²) >= 11 is 1.61. The van der Waals surface area contributed by atoms with Crippen molar-refractivity contribution >= 4 is 17.2 Å². The molecule has 2 rings (SSSR count). The van der Waals surface area contributed by atoms with Crippen LogP contribution in [0.25, 0.3) is 10.6 Å². The number of nitrogens with one attached hydrogen (secondary N) is 1. The molecule has 0 saturated carbocycles. The summed E-state index contributed by atoms with van der Waals surface area (Å²) in [7, 11) is 0. The Hall–Kier alpha value is -1.92. The lowest BCUT2D eigenvalue weighted by atomic mass is 9.94. The molecule has 2 aromatic rings. The summed E-state index contributed by atoms with van der Waals surface area (Å²) in [4.78, 5) is 16.0. The highest BCUT2D eigenvalue weighted by Crippen LogP contribution is 2.26. The molecule has 0 aliphatic carbocycles. The van der Waals surface area contributed by atoms with E-state index in [1.54, 1.807) is 25.2 Å². The fourth-order valence-corrected chi connectivity index (χ4v) is 2.51. The molecule has 1 amide bonds. The highest BCUT2D eigenvalue weighted by molar-refractivity contribution is 7.13. The smallest absolute Gasteiger partial charge is 0.242 e. The summed E-state index contributed by atoms with van der Waals surface area (Å²) in [6.07, 6.45) is 0. The first-order valence-electron chi connectivity index (χ1n) is 6.59. The van der Waals surface area contributed by atoms with Gasteiger partial charge in [-0.1, -0.05) is 0 Å². The number of aromatic nitrogens is 1. The number of hydrazine groups is 1. The summed E-state index contributed by atoms with van der Waals surface area (Å²) in [6.45, 7) is 5.79. The molecule has 0 radical (unpaired) electrons. The Morgan fingerprint density at radius 3 is 2.57 bits per heavy atom. The molecule has 0 unspecified atom stereocenters. The van der Waals surface area contributed by atoms with Crippen molar-refractivity contribution in [2.45, 2.75) is 20.8 Å². The number of nitrogens with two attached hydrogens (primary N) is 1. The molecule has 0 aliphatic heterocycles. The number of hydrogen-bond acceptors (Lipinski definition) is 5. The van der Waals surface area contributed by atoms with E-state index in [2.05, 4.69) is 10.4 Å². The molecule has 0 saturated heterocycles. The Morgan fingerprint density at radius 1 is 1.38 bits per heavy atom. The summed E-state index contributed by atoms with van der Waals surface area (Å²) in [6, 6.07) is 7.68. The summed E-state index contributed by atoms with van der Waals surface area (Å²) in [5, 5.41) is 3.01. The number of carbonyl (C=O) groups excluding carboxylic acids is 1. The molecule has 6 heteroatoms. The maximum Gasteiger partial charge on any atom is 0.242 e. The number of rotatable bonds is 5. The van der Waals surface area contributed by atoms with Crippen molar-refractivity contribution in [1.29, 1.82) is 0 Å². The first-order valence-corrected chi connectivity index (χ1v) is 7.47. The van der Waals surface area contributed by atoms with Gasteiger partial charge in [0.1, 0.15) is 17.4 Å². The van der Waals surface area contributed by atoms with E-state index < -0.39 is 5.41 Å². The molecule has 112 valence electrons. The molecule has 0 atom stereocenters. The van der Waals surface area contributed by atoms with Crippen LogP contribution in [0.3, 0.4) is 0 Å². The largest absolute Gasteiger partial charge is 0.492 e. The van der Waals surface area contributed by atoms with Crippen LogP contribution in [-0.2, 0) is 4.79 Å². The lowest BCUT2D eigenvalue weighted by Crippen LogP contribution is -2.44. The van der Waals surface area contributed by atoms with Crippen molar-refractivity contribution in [2.24, 2.45) is 11.3 Å². The molecule has 1 aromatic carbocycles. The topological polar surface area (TPSA) is 77.2 Å². The van der Waals surface area contributed by atoms with Crippen molar-refractivity contribution in [3.63, 3.8) is 0 Å². The molecular formula is C15H19N3O2S. The van der Waals surface area contributed by atoms with Crippen LogP contribution >= 0.6 is 11.3 Å². The molecule has 0 spiro atoms. The minimum atomic E-state index is -0.681. The minimum Gasteiger partial charge on any atom is -0.492 e. The summed E-state index contributed by atoms with van der Waals surface area (Å²) in [5.74, 6) is 5.61. The zero-order valence-corrected chi connectivity index (χ0v) is 13.2. The van der Waals surface area contributed by atoms with Crippen molar-refractivity contribution in [2.75, 3.05) is 6.61 Å². The van der Waals surface area contributed by atoms with Crippen LogP contribution in [0.2, 0.25) is 0 Å². The van der Waals surface area contributed by atoms with E-state index in [0.717, 1.165) is 16.3 Å². The van der Waals surface area contributed by atoms with E-state index in [0.29, 0.717) is 5.75 Å². The van der Waals surface area contributed by atoms with Crippen molar-refractivity contribution < 1.29 is 9.53 Å². The zero-order chi connectivity index (χ0) is 15.5.